The van der Waals surface area contributed by atoms with Crippen molar-refractivity contribution in [2.75, 3.05) is 33.3 Å². The molecule has 2 N–H and O–H groups in total. The summed E-state index contributed by atoms with van der Waals surface area (Å²) in [5.74, 6) is -7.75. The number of benzene rings is 1. The summed E-state index contributed by atoms with van der Waals surface area (Å²) < 4.78 is 65.7. The fourth-order valence-corrected chi connectivity index (χ4v) is 6.77. The van der Waals surface area contributed by atoms with Gasteiger partial charge in [-0.3, -0.25) is 24.5 Å². The van der Waals surface area contributed by atoms with Gasteiger partial charge in [0.05, 0.1) is 37.2 Å². The Hall–Kier alpha value is -3.89. The number of thiazole rings is 1. The molecule has 3 aliphatic heterocycles. The lowest BCUT2D eigenvalue weighted by molar-refractivity contribution is -0.156. The number of hydrogen-bond acceptors (Lipinski definition) is 10. The molecule has 0 bridgehead atoms. The quantitative estimate of drug-likeness (QED) is 0.305. The van der Waals surface area contributed by atoms with E-state index in [0.29, 0.717) is 5.01 Å². The number of halogens is 4. The van der Waals surface area contributed by atoms with Gasteiger partial charge in [0.1, 0.15) is 12.1 Å². The lowest BCUT2D eigenvalue weighted by atomic mass is 9.89. The SMILES string of the molecule is COC(=O)C1=C(CN2CC(F)(F)C3C2CN(C(C)=O)N3CCC(C)(C)C(=O)O)NC(c2nccs2)=NC1c1ccc(F)c(F)c1C. The van der Waals surface area contributed by atoms with Crippen LogP contribution in [-0.4, -0.2) is 100.0 Å². The second-order valence-corrected chi connectivity index (χ2v) is 13.1. The maximum absolute atomic E-state index is 15.9. The Kier molecular flexibility index (Phi) is 9.00. The molecule has 2 saturated heterocycles. The number of amides is 1. The molecule has 2 aromatic rings. The predicted molar refractivity (Wildman–Crippen MR) is 159 cm³/mol. The third kappa shape index (κ3) is 6.00. The highest BCUT2D eigenvalue weighted by molar-refractivity contribution is 7.11. The summed E-state index contributed by atoms with van der Waals surface area (Å²) in [4.78, 5) is 48.0. The van der Waals surface area contributed by atoms with Gasteiger partial charge < -0.3 is 15.2 Å². The second kappa shape index (κ2) is 12.4. The molecule has 1 aromatic carbocycles. The molecule has 16 heteroatoms. The summed E-state index contributed by atoms with van der Waals surface area (Å²) in [5, 5.41) is 17.2. The fourth-order valence-electron chi connectivity index (χ4n) is 6.18. The van der Waals surface area contributed by atoms with E-state index < -0.39 is 65.5 Å². The minimum Gasteiger partial charge on any atom is -0.481 e. The molecular weight excluding hydrogens is 632 g/mol. The number of aliphatic imine (C=N–C) groups is 1. The van der Waals surface area contributed by atoms with Crippen LogP contribution >= 0.6 is 11.3 Å². The fraction of sp³-hybridized carbons (Fsp3) is 0.500. The molecule has 0 spiro atoms. The number of esters is 1. The number of fused-ring (bicyclic) bond motifs is 1. The van der Waals surface area contributed by atoms with Crippen LogP contribution in [0.3, 0.4) is 0 Å². The highest BCUT2D eigenvalue weighted by Crippen LogP contribution is 2.43. The Morgan fingerprint density at radius 2 is 1.96 bits per heavy atom. The molecule has 5 rings (SSSR count). The predicted octanol–water partition coefficient (Wildman–Crippen LogP) is 3.52. The van der Waals surface area contributed by atoms with Crippen molar-refractivity contribution in [3.05, 3.63) is 62.7 Å². The lowest BCUT2D eigenvalue weighted by Gasteiger charge is -2.35. The normalized spacial score (nSPS) is 23.3. The first-order valence-corrected chi connectivity index (χ1v) is 15.4. The molecule has 11 nitrogen and oxygen atoms in total. The van der Waals surface area contributed by atoms with Gasteiger partial charge in [-0.1, -0.05) is 6.07 Å². The van der Waals surface area contributed by atoms with E-state index in [1.807, 2.05) is 0 Å². The molecule has 248 valence electrons. The molecule has 1 aromatic heterocycles. The Labute approximate surface area is 266 Å². The number of alkyl halides is 2. The molecule has 3 atom stereocenters. The minimum atomic E-state index is -3.33. The van der Waals surface area contributed by atoms with Crippen molar-refractivity contribution >= 4 is 35.0 Å². The molecular formula is C30H34F4N6O5S. The number of amidine groups is 1. The number of nitrogens with zero attached hydrogens (tertiary/aromatic N) is 5. The van der Waals surface area contributed by atoms with Crippen LogP contribution in [0.1, 0.15) is 49.4 Å². The van der Waals surface area contributed by atoms with Gasteiger partial charge in [-0.25, -0.2) is 32.3 Å². The summed E-state index contributed by atoms with van der Waals surface area (Å²) >= 11 is 1.22. The number of likely N-dealkylation sites (tertiary alicyclic amines) is 1. The van der Waals surface area contributed by atoms with Crippen LogP contribution < -0.4 is 5.32 Å². The summed E-state index contributed by atoms with van der Waals surface area (Å²) in [5.41, 5.74) is -1.07. The zero-order chi connectivity index (χ0) is 33.7. The van der Waals surface area contributed by atoms with Gasteiger partial charge in [0, 0.05) is 37.3 Å². The zero-order valence-corrected chi connectivity index (χ0v) is 26.6. The number of carboxylic acids is 1. The zero-order valence-electron chi connectivity index (χ0n) is 25.8. The van der Waals surface area contributed by atoms with Crippen molar-refractivity contribution in [1.82, 2.24) is 25.2 Å². The number of carbonyl (C=O) groups is 3. The number of methoxy groups -OCH3 is 1. The number of ether oxygens (including phenoxy) is 1. The molecule has 0 aliphatic carbocycles. The Morgan fingerprint density at radius 1 is 1.24 bits per heavy atom. The van der Waals surface area contributed by atoms with Crippen LogP contribution in [0.25, 0.3) is 0 Å². The van der Waals surface area contributed by atoms with Crippen molar-refractivity contribution in [2.45, 2.75) is 58.2 Å². The maximum Gasteiger partial charge on any atom is 0.338 e. The van der Waals surface area contributed by atoms with E-state index in [9.17, 15) is 28.3 Å². The van der Waals surface area contributed by atoms with Gasteiger partial charge in [0.15, 0.2) is 22.5 Å². The van der Waals surface area contributed by atoms with Crippen molar-refractivity contribution in [3.8, 4) is 0 Å². The first kappa shape index (κ1) is 33.5. The number of hydrogen-bond donors (Lipinski definition) is 2. The summed E-state index contributed by atoms with van der Waals surface area (Å²) in [6.45, 7) is 4.41. The van der Waals surface area contributed by atoms with E-state index in [0.717, 1.165) is 13.2 Å². The van der Waals surface area contributed by atoms with Crippen molar-refractivity contribution in [2.24, 2.45) is 10.4 Å². The average Bonchev–Trinajstić information content (AvgIpc) is 3.72. The van der Waals surface area contributed by atoms with Crippen LogP contribution in [0.15, 0.2) is 40.0 Å². The third-order valence-corrected chi connectivity index (χ3v) is 9.56. The number of carbonyl (C=O) groups excluding carboxylic acids is 2. The smallest absolute Gasteiger partial charge is 0.338 e. The number of carboxylic acid groups (broad SMARTS) is 1. The first-order chi connectivity index (χ1) is 21.6. The molecule has 46 heavy (non-hydrogen) atoms. The van der Waals surface area contributed by atoms with Crippen molar-refractivity contribution < 1.29 is 41.8 Å². The Morgan fingerprint density at radius 3 is 2.57 bits per heavy atom. The van der Waals surface area contributed by atoms with Gasteiger partial charge in [-0.05, 0) is 44.4 Å². The number of rotatable bonds is 9. The lowest BCUT2D eigenvalue weighted by Crippen LogP contribution is -2.52. The van der Waals surface area contributed by atoms with Gasteiger partial charge in [0.2, 0.25) is 5.91 Å². The van der Waals surface area contributed by atoms with E-state index in [2.05, 4.69) is 15.3 Å². The van der Waals surface area contributed by atoms with E-state index in [1.54, 1.807) is 5.38 Å². The molecule has 3 unspecified atom stereocenters. The molecule has 1 amide bonds. The minimum absolute atomic E-state index is 0.00745. The molecule has 2 fully saturated rings. The van der Waals surface area contributed by atoms with E-state index in [1.165, 1.54) is 66.2 Å². The highest BCUT2D eigenvalue weighted by atomic mass is 32.1. The number of hydrazine groups is 1. The number of aliphatic carboxylic acids is 1. The van der Waals surface area contributed by atoms with Gasteiger partial charge in [-0.2, -0.15) is 0 Å². The van der Waals surface area contributed by atoms with Crippen LogP contribution in [0.4, 0.5) is 17.6 Å². The average molecular weight is 667 g/mol. The standard InChI is InChI=1S/C30H34F4N6O5S/c1-15-17(6-7-18(31)22(15)32)23-21(27(42)45-5)19(36-25(37-23)26-35-9-11-46-26)12-38-14-30(33,34)24-20(38)13-40(16(2)41)39(24)10-8-29(3,4)28(43)44/h6-7,9,11,20,23-24H,8,10,12-14H2,1-5H3,(H,36,37)(H,43,44). The summed E-state index contributed by atoms with van der Waals surface area (Å²) in [7, 11) is 1.14. The van der Waals surface area contributed by atoms with Gasteiger partial charge in [0.25, 0.3) is 5.92 Å². The maximum atomic E-state index is 15.9. The summed E-state index contributed by atoms with van der Waals surface area (Å²) in [6, 6.07) is -1.31. The highest BCUT2D eigenvalue weighted by Gasteiger charge is 2.62. The Bertz CT molecular complexity index is 1610. The molecule has 3 aliphatic rings. The number of aromatic nitrogens is 1. The number of nitrogens with one attached hydrogen (secondary N) is 1. The Balaban J connectivity index is 1.56. The van der Waals surface area contributed by atoms with Crippen LogP contribution in [0, 0.1) is 24.0 Å². The summed E-state index contributed by atoms with van der Waals surface area (Å²) in [6.07, 6.45) is 1.54. The van der Waals surface area contributed by atoms with Crippen LogP contribution in [-0.2, 0) is 19.1 Å². The van der Waals surface area contributed by atoms with Gasteiger partial charge in [-0.15, -0.1) is 11.3 Å². The first-order valence-electron chi connectivity index (χ1n) is 14.5. The topological polar surface area (TPSA) is 128 Å². The second-order valence-electron chi connectivity index (χ2n) is 12.2. The molecule has 0 saturated carbocycles. The van der Waals surface area contributed by atoms with Gasteiger partial charge >= 0.3 is 11.9 Å². The van der Waals surface area contributed by atoms with Crippen molar-refractivity contribution in [1.29, 1.82) is 0 Å². The largest absolute Gasteiger partial charge is 0.481 e. The third-order valence-electron chi connectivity index (χ3n) is 8.78. The van der Waals surface area contributed by atoms with E-state index in [4.69, 9.17) is 4.74 Å². The van der Waals surface area contributed by atoms with Crippen LogP contribution in [0.2, 0.25) is 0 Å². The van der Waals surface area contributed by atoms with E-state index >= 15 is 8.78 Å². The molecule has 0 radical (unpaired) electrons. The molecule has 4 heterocycles. The monoisotopic (exact) mass is 666 g/mol. The van der Waals surface area contributed by atoms with E-state index in [-0.39, 0.29) is 54.3 Å². The van der Waals surface area contributed by atoms with Crippen LogP contribution in [0.5, 0.6) is 0 Å². The van der Waals surface area contributed by atoms with Crippen molar-refractivity contribution in [3.63, 3.8) is 0 Å².